The maximum atomic E-state index is 12.7. The maximum Gasteiger partial charge on any atom is 0.244 e. The molecule has 1 saturated heterocycles. The molecule has 0 spiro atoms. The van der Waals surface area contributed by atoms with E-state index in [1.165, 1.54) is 0 Å². The molecule has 3 aromatic rings. The van der Waals surface area contributed by atoms with E-state index in [-0.39, 0.29) is 47.9 Å². The van der Waals surface area contributed by atoms with Crippen LogP contribution >= 0.6 is 0 Å². The molecule has 2 aromatic carbocycles. The van der Waals surface area contributed by atoms with Crippen LogP contribution < -0.4 is 5.32 Å². The van der Waals surface area contributed by atoms with Crippen molar-refractivity contribution in [2.45, 2.75) is 6.42 Å². The first-order chi connectivity index (χ1) is 15.1. The van der Waals surface area contributed by atoms with Gasteiger partial charge >= 0.3 is 0 Å². The van der Waals surface area contributed by atoms with Crippen LogP contribution in [0.25, 0.3) is 16.7 Å². The fourth-order valence-electron chi connectivity index (χ4n) is 5.33. The van der Waals surface area contributed by atoms with Crippen LogP contribution in [0.3, 0.4) is 0 Å². The number of imide groups is 1. The zero-order chi connectivity index (χ0) is 21.1. The van der Waals surface area contributed by atoms with Gasteiger partial charge in [0.1, 0.15) is 12.9 Å². The first kappa shape index (κ1) is 18.1. The molecule has 7 heteroatoms. The van der Waals surface area contributed by atoms with Crippen molar-refractivity contribution in [3.8, 4) is 5.69 Å². The molecule has 7 nitrogen and oxygen atoms in total. The summed E-state index contributed by atoms with van der Waals surface area (Å²) in [5.41, 5.74) is 3.44. The van der Waals surface area contributed by atoms with E-state index in [0.717, 1.165) is 28.0 Å². The average molecular weight is 412 g/mol. The van der Waals surface area contributed by atoms with Gasteiger partial charge in [-0.25, -0.2) is 4.98 Å². The molecule has 1 N–H and O–H groups in total. The molecule has 3 amide bonds. The van der Waals surface area contributed by atoms with Crippen LogP contribution in [-0.2, 0) is 14.4 Å². The van der Waals surface area contributed by atoms with Crippen molar-refractivity contribution in [1.82, 2.24) is 14.5 Å². The number of rotatable bonds is 4. The third-order valence-electron chi connectivity index (χ3n) is 6.75. The molecule has 2 aliphatic carbocycles. The number of amides is 3. The number of fused-ring (bicyclic) bond motifs is 6. The Morgan fingerprint density at radius 1 is 0.968 bits per heavy atom. The zero-order valence-corrected chi connectivity index (χ0v) is 16.6. The van der Waals surface area contributed by atoms with E-state index in [0.29, 0.717) is 5.69 Å². The third kappa shape index (κ3) is 2.73. The first-order valence-corrected chi connectivity index (χ1v) is 10.5. The lowest BCUT2D eigenvalue weighted by molar-refractivity contribution is -0.143. The van der Waals surface area contributed by atoms with Gasteiger partial charge in [0.2, 0.25) is 17.7 Å². The van der Waals surface area contributed by atoms with Crippen molar-refractivity contribution in [2.24, 2.45) is 23.7 Å². The number of anilines is 1. The SMILES string of the molecule is O=C(CN1C(=O)C2C3C=CC(C3)C2C1=O)Nc1ccc(-n2cnc3ccccc32)cc1. The van der Waals surface area contributed by atoms with Gasteiger partial charge in [0.25, 0.3) is 0 Å². The Bertz CT molecular complexity index is 1230. The van der Waals surface area contributed by atoms with E-state index in [1.807, 2.05) is 53.1 Å². The minimum absolute atomic E-state index is 0.145. The van der Waals surface area contributed by atoms with Gasteiger partial charge in [-0.1, -0.05) is 24.3 Å². The second-order valence-electron chi connectivity index (χ2n) is 8.46. The topological polar surface area (TPSA) is 84.3 Å². The Morgan fingerprint density at radius 2 is 1.65 bits per heavy atom. The summed E-state index contributed by atoms with van der Waals surface area (Å²) in [6, 6.07) is 15.3. The fraction of sp³-hybridized carbons (Fsp3) is 0.250. The van der Waals surface area contributed by atoms with Crippen LogP contribution in [0, 0.1) is 23.7 Å². The van der Waals surface area contributed by atoms with Gasteiger partial charge < -0.3 is 5.32 Å². The average Bonchev–Trinajstić information content (AvgIpc) is 3.54. The Morgan fingerprint density at radius 3 is 2.35 bits per heavy atom. The standard InChI is InChI=1S/C24H20N4O3/c29-20(12-27-23(30)21-14-5-6-15(11-14)22(21)24(27)31)26-16-7-9-17(10-8-16)28-13-25-18-3-1-2-4-19(18)28/h1-10,13-15,21-22H,11-12H2,(H,26,29). The number of likely N-dealkylation sites (tertiary alicyclic amines) is 1. The highest BCUT2D eigenvalue weighted by Gasteiger charge is 2.59. The molecular weight excluding hydrogens is 392 g/mol. The Labute approximate surface area is 178 Å². The number of nitrogens with one attached hydrogen (secondary N) is 1. The summed E-state index contributed by atoms with van der Waals surface area (Å²) < 4.78 is 1.98. The largest absolute Gasteiger partial charge is 0.325 e. The minimum atomic E-state index is -0.372. The molecule has 4 atom stereocenters. The van der Waals surface area contributed by atoms with Gasteiger partial charge in [-0.05, 0) is 54.7 Å². The van der Waals surface area contributed by atoms with Gasteiger partial charge in [0.15, 0.2) is 0 Å². The number of para-hydroxylation sites is 2. The van der Waals surface area contributed by atoms with Gasteiger partial charge in [0, 0.05) is 11.4 Å². The highest BCUT2D eigenvalue weighted by Crippen LogP contribution is 2.52. The molecule has 1 aliphatic heterocycles. The Kier molecular flexibility index (Phi) is 3.86. The third-order valence-corrected chi connectivity index (χ3v) is 6.75. The molecule has 4 unspecified atom stereocenters. The molecule has 1 saturated carbocycles. The van der Waals surface area contributed by atoms with Gasteiger partial charge in [-0.3, -0.25) is 23.9 Å². The van der Waals surface area contributed by atoms with Crippen LogP contribution in [0.15, 0.2) is 67.0 Å². The van der Waals surface area contributed by atoms with Crippen molar-refractivity contribution >= 4 is 34.4 Å². The molecule has 3 aliphatic rings. The molecule has 31 heavy (non-hydrogen) atoms. The normalized spacial score (nSPS) is 26.1. The highest BCUT2D eigenvalue weighted by molar-refractivity contribution is 6.09. The lowest BCUT2D eigenvalue weighted by atomic mass is 9.85. The van der Waals surface area contributed by atoms with Gasteiger partial charge in [0.05, 0.1) is 22.9 Å². The summed E-state index contributed by atoms with van der Waals surface area (Å²) in [7, 11) is 0. The lowest BCUT2D eigenvalue weighted by Gasteiger charge is -2.17. The highest BCUT2D eigenvalue weighted by atomic mass is 16.2. The van der Waals surface area contributed by atoms with E-state index in [9.17, 15) is 14.4 Å². The summed E-state index contributed by atoms with van der Waals surface area (Å²) in [5, 5.41) is 2.80. The minimum Gasteiger partial charge on any atom is -0.325 e. The molecular formula is C24H20N4O3. The second kappa shape index (κ2) is 6.63. The molecule has 6 rings (SSSR count). The van der Waals surface area contributed by atoms with Crippen LogP contribution in [0.5, 0.6) is 0 Å². The molecule has 2 fully saturated rings. The van der Waals surface area contributed by atoms with Crippen LogP contribution in [0.2, 0.25) is 0 Å². The monoisotopic (exact) mass is 412 g/mol. The van der Waals surface area contributed by atoms with Crippen molar-refractivity contribution in [3.63, 3.8) is 0 Å². The molecule has 2 heterocycles. The van der Waals surface area contributed by atoms with Crippen molar-refractivity contribution in [3.05, 3.63) is 67.0 Å². The number of hydrogen-bond acceptors (Lipinski definition) is 4. The number of carbonyl (C=O) groups excluding carboxylic acids is 3. The smallest absolute Gasteiger partial charge is 0.244 e. The summed E-state index contributed by atoms with van der Waals surface area (Å²) in [5.74, 6) is -1.05. The van der Waals surface area contributed by atoms with Crippen LogP contribution in [0.4, 0.5) is 5.69 Å². The second-order valence-corrected chi connectivity index (χ2v) is 8.46. The Balaban J connectivity index is 1.15. The summed E-state index contributed by atoms with van der Waals surface area (Å²) >= 11 is 0. The number of allylic oxidation sites excluding steroid dienone is 2. The van der Waals surface area contributed by atoms with Gasteiger partial charge in [-0.15, -0.1) is 0 Å². The summed E-state index contributed by atoms with van der Waals surface area (Å²) in [6.45, 7) is -0.238. The first-order valence-electron chi connectivity index (χ1n) is 10.5. The predicted octanol–water partition coefficient (Wildman–Crippen LogP) is 2.77. The zero-order valence-electron chi connectivity index (χ0n) is 16.6. The Hall–Kier alpha value is -3.74. The van der Waals surface area contributed by atoms with Crippen LogP contribution in [-0.4, -0.2) is 38.7 Å². The summed E-state index contributed by atoms with van der Waals surface area (Å²) in [6.07, 6.45) is 6.74. The van der Waals surface area contributed by atoms with E-state index in [4.69, 9.17) is 0 Å². The molecule has 1 aromatic heterocycles. The van der Waals surface area contributed by atoms with E-state index in [2.05, 4.69) is 10.3 Å². The van der Waals surface area contributed by atoms with E-state index in [1.54, 1.807) is 18.5 Å². The number of nitrogens with zero attached hydrogens (tertiary/aromatic N) is 3. The fourth-order valence-corrected chi connectivity index (χ4v) is 5.33. The van der Waals surface area contributed by atoms with E-state index >= 15 is 0 Å². The van der Waals surface area contributed by atoms with Crippen LogP contribution in [0.1, 0.15) is 6.42 Å². The molecule has 2 bridgehead atoms. The number of imidazole rings is 1. The van der Waals surface area contributed by atoms with Crippen molar-refractivity contribution < 1.29 is 14.4 Å². The summed E-state index contributed by atoms with van der Waals surface area (Å²) in [4.78, 5) is 43.6. The quantitative estimate of drug-likeness (QED) is 0.528. The number of hydrogen-bond donors (Lipinski definition) is 1. The van der Waals surface area contributed by atoms with Crippen molar-refractivity contribution in [1.29, 1.82) is 0 Å². The van der Waals surface area contributed by atoms with Crippen molar-refractivity contribution in [2.75, 3.05) is 11.9 Å². The number of benzene rings is 2. The lowest BCUT2D eigenvalue weighted by Crippen LogP contribution is -2.39. The number of aromatic nitrogens is 2. The molecule has 0 radical (unpaired) electrons. The number of carbonyl (C=O) groups is 3. The van der Waals surface area contributed by atoms with Gasteiger partial charge in [-0.2, -0.15) is 0 Å². The maximum absolute atomic E-state index is 12.7. The predicted molar refractivity (Wildman–Crippen MR) is 114 cm³/mol. The van der Waals surface area contributed by atoms with E-state index < -0.39 is 0 Å². The molecule has 154 valence electrons.